The zero-order chi connectivity index (χ0) is 16.7. The summed E-state index contributed by atoms with van der Waals surface area (Å²) in [6, 6.07) is 0.210. The molecule has 1 aromatic carbocycles. The van der Waals surface area contributed by atoms with E-state index in [4.69, 9.17) is 11.2 Å². The van der Waals surface area contributed by atoms with Gasteiger partial charge in [-0.3, -0.25) is 0 Å². The van der Waals surface area contributed by atoms with E-state index in [2.05, 4.69) is 0 Å². The maximum Gasteiger partial charge on any atom is 0.172 e. The molecule has 0 saturated carbocycles. The van der Waals surface area contributed by atoms with Crippen molar-refractivity contribution in [2.45, 2.75) is 39.3 Å². The van der Waals surface area contributed by atoms with Crippen LogP contribution in [0, 0.1) is 23.3 Å². The maximum atomic E-state index is 14.0. The summed E-state index contributed by atoms with van der Waals surface area (Å²) in [7, 11) is -6.06. The Morgan fingerprint density at radius 1 is 0.857 bits per heavy atom. The Morgan fingerprint density at radius 3 is 1.48 bits per heavy atom. The first-order valence-corrected chi connectivity index (χ1v) is 15.5. The second kappa shape index (κ2) is 6.28. The van der Waals surface area contributed by atoms with Crippen LogP contribution in [0.5, 0.6) is 0 Å². The van der Waals surface area contributed by atoms with Gasteiger partial charge >= 0.3 is 0 Å². The summed E-state index contributed by atoms with van der Waals surface area (Å²) in [5, 5.41) is -0.672. The Labute approximate surface area is 131 Å². The minimum absolute atomic E-state index is 0.210. The summed E-state index contributed by atoms with van der Waals surface area (Å²) < 4.78 is 56.7. The molecule has 1 unspecified atom stereocenters. The molecule has 0 aliphatic rings. The van der Waals surface area contributed by atoms with Gasteiger partial charge in [0.2, 0.25) is 0 Å². The first-order chi connectivity index (χ1) is 9.28. The summed E-state index contributed by atoms with van der Waals surface area (Å²) in [6.07, 6.45) is 0. The van der Waals surface area contributed by atoms with Gasteiger partial charge < -0.3 is 4.00 Å². The molecule has 1 aromatic rings. The third-order valence-electron chi connectivity index (χ3n) is 2.72. The molecule has 0 aliphatic heterocycles. The molecular weight excluding hydrogens is 357 g/mol. The van der Waals surface area contributed by atoms with Crippen LogP contribution >= 0.6 is 18.7 Å². The van der Waals surface area contributed by atoms with Crippen molar-refractivity contribution in [2.24, 2.45) is 0 Å². The molecule has 0 spiro atoms. The van der Waals surface area contributed by atoms with Crippen LogP contribution in [0.15, 0.2) is 6.07 Å². The van der Waals surface area contributed by atoms with Crippen molar-refractivity contribution in [3.05, 3.63) is 29.3 Å². The number of halogens is 5. The normalized spacial score (nSPS) is 14.7. The molecule has 0 aliphatic carbocycles. The molecule has 9 heteroatoms. The van der Waals surface area contributed by atoms with Crippen molar-refractivity contribution in [2.75, 3.05) is 0 Å². The number of benzene rings is 1. The standard InChI is InChI=1S/C12H19ClF4NPSi2/c1-20(2,3)18(21(4,5)6)19(13)12-10(16)8(14)7-9(15)11(12)17/h7H,1-6H3. The Bertz CT molecular complexity index is 505. The minimum atomic E-state index is -2.03. The van der Waals surface area contributed by atoms with Crippen LogP contribution in [-0.2, 0) is 0 Å². The second-order valence-electron chi connectivity index (χ2n) is 6.73. The second-order valence-corrected chi connectivity index (χ2v) is 19.8. The van der Waals surface area contributed by atoms with Crippen LogP contribution in [0.1, 0.15) is 0 Å². The molecule has 0 saturated heterocycles. The van der Waals surface area contributed by atoms with Crippen molar-refractivity contribution in [3.8, 4) is 0 Å². The quantitative estimate of drug-likeness (QED) is 0.295. The average molecular weight is 376 g/mol. The lowest BCUT2D eigenvalue weighted by atomic mass is 10.3. The van der Waals surface area contributed by atoms with E-state index in [9.17, 15) is 17.6 Å². The zero-order valence-electron chi connectivity index (χ0n) is 12.9. The predicted octanol–water partition coefficient (Wildman–Crippen LogP) is 5.39. The van der Waals surface area contributed by atoms with E-state index in [0.717, 1.165) is 0 Å². The summed E-state index contributed by atoms with van der Waals surface area (Å²) in [6.45, 7) is 12.0. The first-order valence-electron chi connectivity index (χ1n) is 6.37. The van der Waals surface area contributed by atoms with Crippen molar-refractivity contribution < 1.29 is 17.6 Å². The fourth-order valence-corrected chi connectivity index (χ4v) is 20.5. The van der Waals surface area contributed by atoms with Gasteiger partial charge in [-0.25, -0.2) is 17.6 Å². The average Bonchev–Trinajstić information content (AvgIpc) is 2.22. The maximum absolute atomic E-state index is 14.0. The molecule has 21 heavy (non-hydrogen) atoms. The molecule has 0 heterocycles. The molecule has 1 atom stereocenters. The van der Waals surface area contributed by atoms with Gasteiger partial charge in [-0.2, -0.15) is 0 Å². The highest BCUT2D eigenvalue weighted by atomic mass is 35.7. The van der Waals surface area contributed by atoms with Gasteiger partial charge in [-0.05, 0) is 0 Å². The molecule has 0 amide bonds. The van der Waals surface area contributed by atoms with Crippen LogP contribution in [0.25, 0.3) is 0 Å². The molecule has 0 fully saturated rings. The van der Waals surface area contributed by atoms with E-state index in [-0.39, 0.29) is 6.07 Å². The summed E-state index contributed by atoms with van der Waals surface area (Å²) in [4.78, 5) is 0. The Balaban J connectivity index is 3.52. The van der Waals surface area contributed by atoms with Crippen LogP contribution in [0.2, 0.25) is 39.3 Å². The molecule has 1 nitrogen and oxygen atoms in total. The van der Waals surface area contributed by atoms with Crippen LogP contribution in [0.3, 0.4) is 0 Å². The van der Waals surface area contributed by atoms with Crippen molar-refractivity contribution in [1.29, 1.82) is 0 Å². The Hall–Kier alpha value is 0.0538. The largest absolute Gasteiger partial charge is 0.309 e. The predicted molar refractivity (Wildman–Crippen MR) is 87.2 cm³/mol. The SMILES string of the molecule is C[Si](C)(C)N(P(Cl)c1c(F)c(F)cc(F)c1F)[Si](C)(C)C. The number of nitrogens with zero attached hydrogens (tertiary/aromatic N) is 1. The van der Waals surface area contributed by atoms with E-state index in [1.165, 1.54) is 0 Å². The van der Waals surface area contributed by atoms with Gasteiger partial charge in [0, 0.05) is 6.07 Å². The highest BCUT2D eigenvalue weighted by Crippen LogP contribution is 2.52. The Morgan fingerprint density at radius 2 is 1.19 bits per heavy atom. The molecular formula is C12H19ClF4NPSi2. The lowest BCUT2D eigenvalue weighted by Crippen LogP contribution is -2.56. The molecule has 0 bridgehead atoms. The molecule has 0 aromatic heterocycles. The van der Waals surface area contributed by atoms with Crippen molar-refractivity contribution in [1.82, 2.24) is 4.00 Å². The Kier molecular flexibility index (Phi) is 5.71. The van der Waals surface area contributed by atoms with Crippen LogP contribution in [0.4, 0.5) is 17.6 Å². The fourth-order valence-electron chi connectivity index (χ4n) is 2.36. The van der Waals surface area contributed by atoms with Crippen molar-refractivity contribution >= 4 is 40.4 Å². The van der Waals surface area contributed by atoms with Gasteiger partial charge in [0.1, 0.15) is 16.5 Å². The lowest BCUT2D eigenvalue weighted by molar-refractivity contribution is 0.463. The number of hydrogen-bond acceptors (Lipinski definition) is 1. The molecule has 0 N–H and O–H groups in total. The highest BCUT2D eigenvalue weighted by Gasteiger charge is 2.42. The van der Waals surface area contributed by atoms with E-state index < -0.39 is 52.5 Å². The zero-order valence-corrected chi connectivity index (χ0v) is 16.5. The lowest BCUT2D eigenvalue weighted by Gasteiger charge is -2.46. The van der Waals surface area contributed by atoms with Gasteiger partial charge in [-0.15, -0.1) is 0 Å². The third kappa shape index (κ3) is 4.07. The van der Waals surface area contributed by atoms with Gasteiger partial charge in [0.05, 0.1) is 12.7 Å². The smallest absolute Gasteiger partial charge is 0.172 e. The van der Waals surface area contributed by atoms with Gasteiger partial charge in [-0.1, -0.05) is 50.5 Å². The van der Waals surface area contributed by atoms with Gasteiger partial charge in [0.15, 0.2) is 23.3 Å². The van der Waals surface area contributed by atoms with E-state index in [0.29, 0.717) is 0 Å². The van der Waals surface area contributed by atoms with Crippen LogP contribution in [-0.4, -0.2) is 20.5 Å². The number of hydrogen-bond donors (Lipinski definition) is 0. The first kappa shape index (κ1) is 19.1. The van der Waals surface area contributed by atoms with Gasteiger partial charge in [0.25, 0.3) is 0 Å². The summed E-state index contributed by atoms with van der Waals surface area (Å²) in [5.41, 5.74) is 0. The van der Waals surface area contributed by atoms with E-state index in [1.807, 2.05) is 43.3 Å². The fraction of sp³-hybridized carbons (Fsp3) is 0.500. The van der Waals surface area contributed by atoms with E-state index >= 15 is 0 Å². The van der Waals surface area contributed by atoms with Crippen molar-refractivity contribution in [3.63, 3.8) is 0 Å². The molecule has 120 valence electrons. The third-order valence-corrected chi connectivity index (χ3v) is 16.9. The van der Waals surface area contributed by atoms with Crippen LogP contribution < -0.4 is 5.30 Å². The molecule has 1 rings (SSSR count). The monoisotopic (exact) mass is 375 g/mol. The van der Waals surface area contributed by atoms with E-state index in [1.54, 1.807) is 0 Å². The molecule has 0 radical (unpaired) electrons. The summed E-state index contributed by atoms with van der Waals surface area (Å²) >= 11 is 6.34. The summed E-state index contributed by atoms with van der Waals surface area (Å²) in [5.74, 6) is -5.61. The topological polar surface area (TPSA) is 3.24 Å². The minimum Gasteiger partial charge on any atom is -0.309 e. The number of rotatable bonds is 4. The highest BCUT2D eigenvalue weighted by molar-refractivity contribution is 7.90.